The minimum Gasteiger partial charge on any atom is -0.379 e. The minimum absolute atomic E-state index is 0.251. The van der Waals surface area contributed by atoms with Gasteiger partial charge in [0.2, 0.25) is 0 Å². The highest BCUT2D eigenvalue weighted by molar-refractivity contribution is 4.94. The van der Waals surface area contributed by atoms with Crippen molar-refractivity contribution in [2.24, 2.45) is 5.41 Å². The summed E-state index contributed by atoms with van der Waals surface area (Å²) in [5, 5.41) is 7.34. The average Bonchev–Trinajstić information content (AvgIpc) is 2.73. The van der Waals surface area contributed by atoms with Gasteiger partial charge in [-0.3, -0.25) is 10.00 Å². The number of hydrogen-bond donors (Lipinski definition) is 1. The molecule has 2 rings (SSSR count). The van der Waals surface area contributed by atoms with Crippen molar-refractivity contribution in [3.05, 3.63) is 11.6 Å². The average molecular weight is 252 g/mol. The molecule has 0 aliphatic carbocycles. The molecule has 0 unspecified atom stereocenters. The summed E-state index contributed by atoms with van der Waals surface area (Å²) >= 11 is 0. The van der Waals surface area contributed by atoms with E-state index < -0.39 is 0 Å². The van der Waals surface area contributed by atoms with Crippen molar-refractivity contribution in [2.45, 2.75) is 33.6 Å². The molecule has 1 aromatic heterocycles. The maximum absolute atomic E-state index is 5.33. The van der Waals surface area contributed by atoms with E-state index in [1.807, 2.05) is 0 Å². The van der Waals surface area contributed by atoms with E-state index in [1.54, 1.807) is 0 Å². The predicted molar refractivity (Wildman–Crippen MR) is 70.5 cm³/mol. The van der Waals surface area contributed by atoms with E-state index in [0.717, 1.165) is 57.3 Å². The monoisotopic (exact) mass is 252 g/mol. The Hall–Kier alpha value is -0.940. The van der Waals surface area contributed by atoms with E-state index in [9.17, 15) is 0 Å². The van der Waals surface area contributed by atoms with Crippen molar-refractivity contribution >= 4 is 0 Å². The molecule has 0 aromatic carbocycles. The number of H-pyrrole nitrogens is 1. The molecule has 5 nitrogen and oxygen atoms in total. The summed E-state index contributed by atoms with van der Waals surface area (Å²) in [6, 6.07) is 0. The zero-order valence-corrected chi connectivity index (χ0v) is 11.7. The highest BCUT2D eigenvalue weighted by atomic mass is 16.5. The molecule has 1 aromatic rings. The van der Waals surface area contributed by atoms with Crippen molar-refractivity contribution in [1.29, 1.82) is 0 Å². The lowest BCUT2D eigenvalue weighted by molar-refractivity contribution is 0.0382. The summed E-state index contributed by atoms with van der Waals surface area (Å²) < 4.78 is 5.33. The van der Waals surface area contributed by atoms with Crippen LogP contribution in [0.3, 0.4) is 0 Å². The zero-order chi connectivity index (χ0) is 13.0. The van der Waals surface area contributed by atoms with Gasteiger partial charge in [0.25, 0.3) is 0 Å². The van der Waals surface area contributed by atoms with Gasteiger partial charge in [-0.2, -0.15) is 5.10 Å². The second-order valence-corrected chi connectivity index (χ2v) is 6.14. The van der Waals surface area contributed by atoms with Crippen LogP contribution in [0.5, 0.6) is 0 Å². The number of morpholine rings is 1. The van der Waals surface area contributed by atoms with Crippen LogP contribution in [0.1, 0.15) is 32.4 Å². The van der Waals surface area contributed by atoms with Crippen molar-refractivity contribution < 1.29 is 4.74 Å². The number of rotatable bonds is 4. The van der Waals surface area contributed by atoms with Gasteiger partial charge >= 0.3 is 0 Å². The number of hydrogen-bond acceptors (Lipinski definition) is 4. The van der Waals surface area contributed by atoms with Crippen LogP contribution in [0, 0.1) is 5.41 Å². The van der Waals surface area contributed by atoms with Crippen molar-refractivity contribution in [3.8, 4) is 0 Å². The fourth-order valence-electron chi connectivity index (χ4n) is 2.11. The summed E-state index contributed by atoms with van der Waals surface area (Å²) in [4.78, 5) is 6.96. The highest BCUT2D eigenvalue weighted by Gasteiger charge is 2.15. The summed E-state index contributed by atoms with van der Waals surface area (Å²) in [6.45, 7) is 11.4. The summed E-state index contributed by atoms with van der Waals surface area (Å²) in [5.41, 5.74) is 0.251. The van der Waals surface area contributed by atoms with Gasteiger partial charge in [0.1, 0.15) is 5.82 Å². The number of nitrogens with one attached hydrogen (secondary N) is 1. The predicted octanol–water partition coefficient (Wildman–Crippen LogP) is 1.27. The van der Waals surface area contributed by atoms with Crippen LogP contribution in [0.2, 0.25) is 0 Å². The van der Waals surface area contributed by atoms with Gasteiger partial charge in [-0.1, -0.05) is 20.8 Å². The molecular weight excluding hydrogens is 228 g/mol. The smallest absolute Gasteiger partial charge is 0.151 e. The van der Waals surface area contributed by atoms with Crippen LogP contribution in [0.25, 0.3) is 0 Å². The molecule has 1 aliphatic rings. The fraction of sp³-hybridized carbons (Fsp3) is 0.846. The molecule has 2 heterocycles. The number of aromatic amines is 1. The third kappa shape index (κ3) is 4.38. The van der Waals surface area contributed by atoms with Gasteiger partial charge in [-0.15, -0.1) is 0 Å². The summed E-state index contributed by atoms with van der Waals surface area (Å²) in [7, 11) is 0. The van der Waals surface area contributed by atoms with Crippen LogP contribution >= 0.6 is 0 Å². The van der Waals surface area contributed by atoms with Gasteiger partial charge in [0.15, 0.2) is 5.82 Å². The molecule has 102 valence electrons. The van der Waals surface area contributed by atoms with Crippen LogP contribution < -0.4 is 0 Å². The van der Waals surface area contributed by atoms with E-state index in [4.69, 9.17) is 4.74 Å². The number of ether oxygens (including phenoxy) is 1. The quantitative estimate of drug-likeness (QED) is 0.876. The van der Waals surface area contributed by atoms with E-state index in [-0.39, 0.29) is 5.41 Å². The van der Waals surface area contributed by atoms with Gasteiger partial charge < -0.3 is 4.74 Å². The van der Waals surface area contributed by atoms with Crippen molar-refractivity contribution in [2.75, 3.05) is 32.8 Å². The molecule has 5 heteroatoms. The second kappa shape index (κ2) is 5.80. The molecule has 0 saturated carbocycles. The molecule has 1 fully saturated rings. The Morgan fingerprint density at radius 1 is 1.28 bits per heavy atom. The third-order valence-corrected chi connectivity index (χ3v) is 3.03. The Labute approximate surface area is 109 Å². The lowest BCUT2D eigenvalue weighted by atomic mass is 9.92. The lowest BCUT2D eigenvalue weighted by Crippen LogP contribution is -2.37. The topological polar surface area (TPSA) is 54.0 Å². The Bertz CT molecular complexity index is 363. The van der Waals surface area contributed by atoms with E-state index >= 15 is 0 Å². The number of nitrogens with zero attached hydrogens (tertiary/aromatic N) is 3. The Kier molecular flexibility index (Phi) is 4.35. The molecule has 1 N–H and O–H groups in total. The molecule has 0 radical (unpaired) electrons. The molecule has 1 saturated heterocycles. The maximum Gasteiger partial charge on any atom is 0.151 e. The van der Waals surface area contributed by atoms with Crippen molar-refractivity contribution in [3.63, 3.8) is 0 Å². The van der Waals surface area contributed by atoms with Crippen LogP contribution in [-0.2, 0) is 17.6 Å². The van der Waals surface area contributed by atoms with E-state index in [2.05, 4.69) is 40.9 Å². The van der Waals surface area contributed by atoms with Gasteiger partial charge in [-0.05, 0) is 5.41 Å². The lowest BCUT2D eigenvalue weighted by Gasteiger charge is -2.25. The normalized spacial score (nSPS) is 18.2. The third-order valence-electron chi connectivity index (χ3n) is 3.03. The highest BCUT2D eigenvalue weighted by Crippen LogP contribution is 2.18. The summed E-state index contributed by atoms with van der Waals surface area (Å²) in [6.07, 6.45) is 1.86. The maximum atomic E-state index is 5.33. The first-order valence-electron chi connectivity index (χ1n) is 6.73. The van der Waals surface area contributed by atoms with E-state index in [0.29, 0.717) is 0 Å². The standard InChI is InChI=1S/C13H24N4O/c1-13(2,3)10-12-14-11(15-16-12)4-5-17-6-8-18-9-7-17/h4-10H2,1-3H3,(H,14,15,16). The molecule has 0 bridgehead atoms. The van der Waals surface area contributed by atoms with Gasteiger partial charge in [0.05, 0.1) is 13.2 Å². The first kappa shape index (κ1) is 13.5. The second-order valence-electron chi connectivity index (χ2n) is 6.14. The minimum atomic E-state index is 0.251. The number of aromatic nitrogens is 3. The van der Waals surface area contributed by atoms with E-state index in [1.165, 1.54) is 0 Å². The molecular formula is C13H24N4O. The first-order chi connectivity index (χ1) is 8.53. The summed E-state index contributed by atoms with van der Waals surface area (Å²) in [5.74, 6) is 1.93. The Balaban J connectivity index is 1.79. The van der Waals surface area contributed by atoms with Crippen LogP contribution in [0.15, 0.2) is 0 Å². The fourth-order valence-corrected chi connectivity index (χ4v) is 2.11. The molecule has 18 heavy (non-hydrogen) atoms. The molecule has 0 amide bonds. The SMILES string of the molecule is CC(C)(C)Cc1nc(CCN2CCOCC2)n[nH]1. The largest absolute Gasteiger partial charge is 0.379 e. The molecule has 0 spiro atoms. The zero-order valence-electron chi connectivity index (χ0n) is 11.7. The van der Waals surface area contributed by atoms with Crippen LogP contribution in [0.4, 0.5) is 0 Å². The van der Waals surface area contributed by atoms with Gasteiger partial charge in [-0.25, -0.2) is 4.98 Å². The van der Waals surface area contributed by atoms with Gasteiger partial charge in [0, 0.05) is 32.5 Å². The van der Waals surface area contributed by atoms with Crippen molar-refractivity contribution in [1.82, 2.24) is 20.1 Å². The molecule has 1 aliphatic heterocycles. The van der Waals surface area contributed by atoms with Crippen LogP contribution in [-0.4, -0.2) is 52.9 Å². The Morgan fingerprint density at radius 3 is 2.67 bits per heavy atom. The first-order valence-corrected chi connectivity index (χ1v) is 6.73. The Morgan fingerprint density at radius 2 is 2.00 bits per heavy atom. The molecule has 0 atom stereocenters.